The van der Waals surface area contributed by atoms with E-state index in [0.717, 1.165) is 0 Å². The zero-order valence-corrected chi connectivity index (χ0v) is 8.46. The molecule has 3 nitrogen and oxygen atoms in total. The number of hydrogen-bond donors (Lipinski definition) is 2. The molecule has 13 heavy (non-hydrogen) atoms. The highest BCUT2D eigenvalue weighted by atomic mass is 79.9. The van der Waals surface area contributed by atoms with Gasteiger partial charge in [0.1, 0.15) is 10.4 Å². The van der Waals surface area contributed by atoms with E-state index in [0.29, 0.717) is 11.0 Å². The quantitative estimate of drug-likeness (QED) is 0.795. The van der Waals surface area contributed by atoms with Crippen LogP contribution < -0.4 is 5.73 Å². The summed E-state index contributed by atoms with van der Waals surface area (Å²) < 4.78 is 13.6. The molecule has 1 unspecified atom stereocenters. The van der Waals surface area contributed by atoms with Crippen LogP contribution >= 0.6 is 15.9 Å². The number of rotatable bonds is 3. The van der Waals surface area contributed by atoms with Gasteiger partial charge in [-0.15, -0.1) is 0 Å². The number of pyridine rings is 1. The third-order valence-corrected chi connectivity index (χ3v) is 2.07. The van der Waals surface area contributed by atoms with Crippen LogP contribution in [0.2, 0.25) is 0 Å². The highest BCUT2D eigenvalue weighted by Crippen LogP contribution is 2.17. The fraction of sp³-hybridized carbons (Fsp3) is 0.375. The van der Waals surface area contributed by atoms with E-state index in [-0.39, 0.29) is 12.3 Å². The van der Waals surface area contributed by atoms with Crippen LogP contribution in [0.4, 0.5) is 4.39 Å². The Morgan fingerprint density at radius 1 is 1.62 bits per heavy atom. The Bertz CT molecular complexity index is 295. The molecular formula is C8H10BrFN2O. The molecular weight excluding hydrogens is 239 g/mol. The smallest absolute Gasteiger partial charge is 0.146 e. The van der Waals surface area contributed by atoms with Crippen LogP contribution in [0.3, 0.4) is 0 Å². The summed E-state index contributed by atoms with van der Waals surface area (Å²) in [5.74, 6) is -0.441. The maximum atomic E-state index is 13.1. The average Bonchev–Trinajstić information content (AvgIpc) is 2.09. The summed E-state index contributed by atoms with van der Waals surface area (Å²) in [5, 5.41) is 8.62. The molecule has 0 aliphatic heterocycles. The Hall–Kier alpha value is -0.520. The van der Waals surface area contributed by atoms with E-state index in [2.05, 4.69) is 20.9 Å². The minimum atomic E-state index is -0.553. The summed E-state index contributed by atoms with van der Waals surface area (Å²) >= 11 is 3.12. The molecule has 0 saturated carbocycles. The van der Waals surface area contributed by atoms with Gasteiger partial charge in [-0.2, -0.15) is 0 Å². The van der Waals surface area contributed by atoms with E-state index in [4.69, 9.17) is 10.8 Å². The summed E-state index contributed by atoms with van der Waals surface area (Å²) in [7, 11) is 0. The van der Waals surface area contributed by atoms with Gasteiger partial charge in [0.05, 0.1) is 11.7 Å². The van der Waals surface area contributed by atoms with E-state index in [1.165, 1.54) is 12.1 Å². The number of aliphatic hydroxyl groups is 1. The van der Waals surface area contributed by atoms with Crippen LogP contribution in [0, 0.1) is 5.82 Å². The molecule has 0 aliphatic rings. The number of nitrogens with zero attached hydrogens (tertiary/aromatic N) is 1. The van der Waals surface area contributed by atoms with E-state index in [1.807, 2.05) is 0 Å². The molecule has 0 aromatic carbocycles. The summed E-state index contributed by atoms with van der Waals surface area (Å²) in [6.07, 6.45) is 0.306. The monoisotopic (exact) mass is 248 g/mol. The SMILES string of the molecule is NC(CCO)c1nc(Br)ccc1F. The van der Waals surface area contributed by atoms with Crippen LogP contribution in [0.5, 0.6) is 0 Å². The van der Waals surface area contributed by atoms with E-state index < -0.39 is 11.9 Å². The highest BCUT2D eigenvalue weighted by molar-refractivity contribution is 9.10. The van der Waals surface area contributed by atoms with Crippen molar-refractivity contribution in [1.82, 2.24) is 4.98 Å². The fourth-order valence-corrected chi connectivity index (χ4v) is 1.29. The van der Waals surface area contributed by atoms with Crippen LogP contribution in [0.1, 0.15) is 18.2 Å². The van der Waals surface area contributed by atoms with Crippen molar-refractivity contribution in [3.63, 3.8) is 0 Å². The molecule has 0 bridgehead atoms. The van der Waals surface area contributed by atoms with E-state index >= 15 is 0 Å². The first kappa shape index (κ1) is 10.6. The van der Waals surface area contributed by atoms with Gasteiger partial charge in [0.25, 0.3) is 0 Å². The van der Waals surface area contributed by atoms with Crippen molar-refractivity contribution in [3.8, 4) is 0 Å². The predicted octanol–water partition coefficient (Wildman–Crippen LogP) is 1.37. The van der Waals surface area contributed by atoms with Gasteiger partial charge in [0, 0.05) is 6.61 Å². The lowest BCUT2D eigenvalue weighted by Gasteiger charge is -2.10. The fourth-order valence-electron chi connectivity index (χ4n) is 0.969. The summed E-state index contributed by atoms with van der Waals surface area (Å²) in [6.45, 7) is -0.0746. The largest absolute Gasteiger partial charge is 0.396 e. The van der Waals surface area contributed by atoms with Gasteiger partial charge < -0.3 is 10.8 Å². The topological polar surface area (TPSA) is 59.1 Å². The van der Waals surface area contributed by atoms with Gasteiger partial charge in [-0.3, -0.25) is 0 Å². The van der Waals surface area contributed by atoms with E-state index in [1.54, 1.807) is 0 Å². The van der Waals surface area contributed by atoms with E-state index in [9.17, 15) is 4.39 Å². The summed E-state index contributed by atoms with van der Waals surface area (Å²) in [5.41, 5.74) is 5.78. The number of aliphatic hydroxyl groups excluding tert-OH is 1. The maximum absolute atomic E-state index is 13.1. The molecule has 3 N–H and O–H groups in total. The van der Waals surface area contributed by atoms with Crippen molar-refractivity contribution in [2.45, 2.75) is 12.5 Å². The Labute approximate surface area is 83.9 Å². The molecule has 0 aliphatic carbocycles. The Morgan fingerprint density at radius 3 is 2.92 bits per heavy atom. The minimum absolute atomic E-state index is 0.0746. The van der Waals surface area contributed by atoms with Crippen LogP contribution in [-0.2, 0) is 0 Å². The number of nitrogens with two attached hydrogens (primary N) is 1. The number of hydrogen-bond acceptors (Lipinski definition) is 3. The molecule has 5 heteroatoms. The molecule has 1 aromatic heterocycles. The van der Waals surface area contributed by atoms with Crippen molar-refractivity contribution in [2.24, 2.45) is 5.73 Å². The van der Waals surface area contributed by atoms with Crippen molar-refractivity contribution >= 4 is 15.9 Å². The second-order valence-corrected chi connectivity index (χ2v) is 3.43. The third-order valence-electron chi connectivity index (χ3n) is 1.63. The standard InChI is InChI=1S/C8H10BrFN2O/c9-7-2-1-5(10)8(12-7)6(11)3-4-13/h1-2,6,13H,3-4,11H2. The first-order valence-electron chi connectivity index (χ1n) is 3.83. The van der Waals surface area contributed by atoms with Crippen molar-refractivity contribution in [2.75, 3.05) is 6.61 Å². The lowest BCUT2D eigenvalue weighted by Crippen LogP contribution is -2.15. The van der Waals surface area contributed by atoms with Crippen LogP contribution in [0.15, 0.2) is 16.7 Å². The first-order chi connectivity index (χ1) is 6.15. The molecule has 1 atom stereocenters. The molecule has 0 radical (unpaired) electrons. The second kappa shape index (κ2) is 4.64. The zero-order chi connectivity index (χ0) is 9.84. The first-order valence-corrected chi connectivity index (χ1v) is 4.63. The van der Waals surface area contributed by atoms with Crippen molar-refractivity contribution in [3.05, 3.63) is 28.2 Å². The average molecular weight is 249 g/mol. The van der Waals surface area contributed by atoms with Gasteiger partial charge in [0.2, 0.25) is 0 Å². The van der Waals surface area contributed by atoms with Crippen molar-refractivity contribution < 1.29 is 9.50 Å². The van der Waals surface area contributed by atoms with Gasteiger partial charge in [-0.25, -0.2) is 9.37 Å². The normalized spacial score (nSPS) is 12.9. The number of halogens is 2. The second-order valence-electron chi connectivity index (χ2n) is 2.62. The molecule has 1 rings (SSSR count). The molecule has 0 spiro atoms. The Kier molecular flexibility index (Phi) is 3.77. The van der Waals surface area contributed by atoms with Gasteiger partial charge in [-0.1, -0.05) is 0 Å². The summed E-state index contributed by atoms with van der Waals surface area (Å²) in [4.78, 5) is 3.90. The summed E-state index contributed by atoms with van der Waals surface area (Å²) in [6, 6.07) is 2.25. The van der Waals surface area contributed by atoms with Gasteiger partial charge >= 0.3 is 0 Å². The minimum Gasteiger partial charge on any atom is -0.396 e. The molecule has 1 aromatic rings. The lowest BCUT2D eigenvalue weighted by atomic mass is 10.1. The molecule has 1 heterocycles. The maximum Gasteiger partial charge on any atom is 0.146 e. The van der Waals surface area contributed by atoms with Gasteiger partial charge in [-0.05, 0) is 34.5 Å². The Morgan fingerprint density at radius 2 is 2.31 bits per heavy atom. The molecule has 0 amide bonds. The van der Waals surface area contributed by atoms with Gasteiger partial charge in [0.15, 0.2) is 0 Å². The Balaban J connectivity index is 2.91. The zero-order valence-electron chi connectivity index (χ0n) is 6.87. The predicted molar refractivity (Wildman–Crippen MR) is 50.5 cm³/mol. The lowest BCUT2D eigenvalue weighted by molar-refractivity contribution is 0.274. The van der Waals surface area contributed by atoms with Crippen LogP contribution in [-0.4, -0.2) is 16.7 Å². The number of aromatic nitrogens is 1. The van der Waals surface area contributed by atoms with Crippen LogP contribution in [0.25, 0.3) is 0 Å². The molecule has 0 saturated heterocycles. The molecule has 72 valence electrons. The molecule has 0 fully saturated rings. The van der Waals surface area contributed by atoms with Crippen molar-refractivity contribution in [1.29, 1.82) is 0 Å². The third kappa shape index (κ3) is 2.72. The highest BCUT2D eigenvalue weighted by Gasteiger charge is 2.12.